The average Bonchev–Trinajstić information content (AvgIpc) is 2.61. The van der Waals surface area contributed by atoms with Crippen LogP contribution in [0, 0.1) is 11.6 Å². The quantitative estimate of drug-likeness (QED) is 0.656. The molecular formula is C21H23F2NO6. The van der Waals surface area contributed by atoms with Crippen molar-refractivity contribution in [2.24, 2.45) is 0 Å². The summed E-state index contributed by atoms with van der Waals surface area (Å²) < 4.78 is 43.9. The van der Waals surface area contributed by atoms with E-state index in [9.17, 15) is 23.5 Å². The summed E-state index contributed by atoms with van der Waals surface area (Å²) in [6, 6.07) is 5.41. The van der Waals surface area contributed by atoms with Gasteiger partial charge in [-0.2, -0.15) is 0 Å². The minimum atomic E-state index is -1.03. The van der Waals surface area contributed by atoms with E-state index >= 15 is 0 Å². The minimum Gasteiger partial charge on any atom is -0.508 e. The van der Waals surface area contributed by atoms with Crippen molar-refractivity contribution >= 4 is 12.1 Å². The molecule has 0 heterocycles. The van der Waals surface area contributed by atoms with Gasteiger partial charge in [0.25, 0.3) is 0 Å². The molecule has 0 saturated carbocycles. The molecule has 0 bridgehead atoms. The molecular weight excluding hydrogens is 400 g/mol. The van der Waals surface area contributed by atoms with Gasteiger partial charge >= 0.3 is 12.1 Å². The maximum atomic E-state index is 14.4. The number of hydrogen-bond donors (Lipinski definition) is 2. The zero-order chi connectivity index (χ0) is 22.5. The first-order valence-corrected chi connectivity index (χ1v) is 9.12. The number of phenolic OH excluding ortho intramolecular Hbond substituents is 1. The maximum absolute atomic E-state index is 14.4. The van der Waals surface area contributed by atoms with Crippen molar-refractivity contribution < 1.29 is 37.7 Å². The van der Waals surface area contributed by atoms with Gasteiger partial charge in [-0.1, -0.05) is 0 Å². The van der Waals surface area contributed by atoms with Crippen molar-refractivity contribution in [2.45, 2.75) is 39.8 Å². The van der Waals surface area contributed by atoms with Gasteiger partial charge in [-0.05, 0) is 57.5 Å². The molecule has 0 aliphatic heterocycles. The van der Waals surface area contributed by atoms with Crippen LogP contribution >= 0.6 is 0 Å². The molecule has 0 atom stereocenters. The molecule has 0 radical (unpaired) electrons. The second kappa shape index (κ2) is 9.43. The van der Waals surface area contributed by atoms with Crippen LogP contribution < -0.4 is 10.1 Å². The Morgan fingerprint density at radius 3 is 2.27 bits per heavy atom. The van der Waals surface area contributed by atoms with Crippen LogP contribution in [0.4, 0.5) is 13.6 Å². The van der Waals surface area contributed by atoms with Crippen LogP contribution in [0.1, 0.15) is 43.6 Å². The van der Waals surface area contributed by atoms with Crippen molar-refractivity contribution in [3.63, 3.8) is 0 Å². The number of ether oxygens (including phenoxy) is 3. The molecule has 1 amide bonds. The fourth-order valence-corrected chi connectivity index (χ4v) is 2.39. The summed E-state index contributed by atoms with van der Waals surface area (Å²) in [7, 11) is 0. The number of aromatic hydroxyl groups is 1. The molecule has 9 heteroatoms. The van der Waals surface area contributed by atoms with E-state index in [2.05, 4.69) is 5.32 Å². The van der Waals surface area contributed by atoms with Gasteiger partial charge in [0.2, 0.25) is 0 Å². The first-order chi connectivity index (χ1) is 14.0. The van der Waals surface area contributed by atoms with E-state index in [4.69, 9.17) is 14.2 Å². The van der Waals surface area contributed by atoms with Gasteiger partial charge in [0.15, 0.2) is 17.4 Å². The lowest BCUT2D eigenvalue weighted by molar-refractivity contribution is 0.0514. The number of benzene rings is 2. The Balaban J connectivity index is 2.16. The summed E-state index contributed by atoms with van der Waals surface area (Å²) in [6.07, 6.45) is -0.727. The Bertz CT molecular complexity index is 917. The standard InChI is InChI=1S/C21H23F2NO6/c1-5-28-19(26)13-8-14(25)10-15(9-13)29-18-16(22)6-12(7-17(18)23)11-24-20(27)30-21(2,3)4/h6-10,25H,5,11H2,1-4H3,(H,24,27). The molecule has 2 aromatic carbocycles. The highest BCUT2D eigenvalue weighted by Crippen LogP contribution is 2.31. The summed E-state index contributed by atoms with van der Waals surface area (Å²) in [6.45, 7) is 6.63. The highest BCUT2D eigenvalue weighted by atomic mass is 19.1. The smallest absolute Gasteiger partial charge is 0.407 e. The second-order valence-electron chi connectivity index (χ2n) is 7.28. The molecule has 2 rings (SSSR count). The molecule has 0 aromatic heterocycles. The Morgan fingerprint density at radius 2 is 1.70 bits per heavy atom. The van der Waals surface area contributed by atoms with Gasteiger partial charge in [-0.25, -0.2) is 18.4 Å². The predicted molar refractivity (Wildman–Crippen MR) is 104 cm³/mol. The number of amides is 1. The Morgan fingerprint density at radius 1 is 1.07 bits per heavy atom. The molecule has 0 saturated heterocycles. The number of carbonyl (C=O) groups is 2. The average molecular weight is 423 g/mol. The number of halogens is 2. The van der Waals surface area contributed by atoms with E-state index in [1.165, 1.54) is 6.07 Å². The second-order valence-corrected chi connectivity index (χ2v) is 7.28. The summed E-state index contributed by atoms with van der Waals surface area (Å²) in [5.74, 6) is -4.00. The zero-order valence-corrected chi connectivity index (χ0v) is 17.0. The maximum Gasteiger partial charge on any atom is 0.407 e. The highest BCUT2D eigenvalue weighted by Gasteiger charge is 2.18. The van der Waals surface area contributed by atoms with Crippen LogP contribution in [0.5, 0.6) is 17.2 Å². The monoisotopic (exact) mass is 423 g/mol. The van der Waals surface area contributed by atoms with E-state index in [1.54, 1.807) is 27.7 Å². The normalized spacial score (nSPS) is 11.0. The van der Waals surface area contributed by atoms with Crippen LogP contribution in [0.2, 0.25) is 0 Å². The lowest BCUT2D eigenvalue weighted by Crippen LogP contribution is -2.32. The van der Waals surface area contributed by atoms with Crippen molar-refractivity contribution in [3.8, 4) is 17.2 Å². The SMILES string of the molecule is CCOC(=O)c1cc(O)cc(Oc2c(F)cc(CNC(=O)OC(C)(C)C)cc2F)c1. The number of carbonyl (C=O) groups excluding carboxylic acids is 2. The van der Waals surface area contributed by atoms with Gasteiger partial charge in [0, 0.05) is 12.6 Å². The summed E-state index contributed by atoms with van der Waals surface area (Å²) in [4.78, 5) is 23.5. The number of nitrogens with one attached hydrogen (secondary N) is 1. The van der Waals surface area contributed by atoms with E-state index in [1.807, 2.05) is 0 Å². The first-order valence-electron chi connectivity index (χ1n) is 9.12. The third-order valence-electron chi connectivity index (χ3n) is 3.52. The molecule has 30 heavy (non-hydrogen) atoms. The molecule has 0 aliphatic rings. The molecule has 0 spiro atoms. The molecule has 2 N–H and O–H groups in total. The molecule has 162 valence electrons. The number of hydrogen-bond acceptors (Lipinski definition) is 6. The van der Waals surface area contributed by atoms with Crippen molar-refractivity contribution in [1.29, 1.82) is 0 Å². The number of esters is 1. The van der Waals surface area contributed by atoms with Crippen LogP contribution in [-0.4, -0.2) is 29.4 Å². The van der Waals surface area contributed by atoms with Gasteiger partial charge in [-0.15, -0.1) is 0 Å². The van der Waals surface area contributed by atoms with Crippen LogP contribution in [0.3, 0.4) is 0 Å². The fraction of sp³-hybridized carbons (Fsp3) is 0.333. The highest BCUT2D eigenvalue weighted by molar-refractivity contribution is 5.90. The van der Waals surface area contributed by atoms with E-state index in [-0.39, 0.29) is 35.8 Å². The van der Waals surface area contributed by atoms with Crippen molar-refractivity contribution in [3.05, 3.63) is 53.1 Å². The molecule has 0 aliphatic carbocycles. The van der Waals surface area contributed by atoms with Crippen LogP contribution in [-0.2, 0) is 16.0 Å². The van der Waals surface area contributed by atoms with Crippen LogP contribution in [0.15, 0.2) is 30.3 Å². The lowest BCUT2D eigenvalue weighted by atomic mass is 10.2. The predicted octanol–water partition coefficient (Wildman–Crippen LogP) is 4.66. The van der Waals surface area contributed by atoms with Crippen molar-refractivity contribution in [1.82, 2.24) is 5.32 Å². The van der Waals surface area contributed by atoms with E-state index in [0.29, 0.717) is 0 Å². The molecule has 2 aromatic rings. The molecule has 0 unspecified atom stereocenters. The first kappa shape index (κ1) is 22.9. The van der Waals surface area contributed by atoms with Gasteiger partial charge < -0.3 is 24.6 Å². The third-order valence-corrected chi connectivity index (χ3v) is 3.52. The zero-order valence-electron chi connectivity index (χ0n) is 17.0. The number of alkyl carbamates (subject to hydrolysis) is 1. The Labute approximate surface area is 172 Å². The summed E-state index contributed by atoms with van der Waals surface area (Å²) in [5.41, 5.74) is -0.598. The summed E-state index contributed by atoms with van der Waals surface area (Å²) in [5, 5.41) is 12.1. The molecule has 7 nitrogen and oxygen atoms in total. The Hall–Kier alpha value is -3.36. The van der Waals surface area contributed by atoms with Gasteiger partial charge in [-0.3, -0.25) is 0 Å². The fourth-order valence-electron chi connectivity index (χ4n) is 2.39. The Kier molecular flexibility index (Phi) is 7.20. The number of rotatable bonds is 6. The van der Waals surface area contributed by atoms with Crippen molar-refractivity contribution in [2.75, 3.05) is 6.61 Å². The van der Waals surface area contributed by atoms with E-state index in [0.717, 1.165) is 24.3 Å². The topological polar surface area (TPSA) is 94.1 Å². The molecule has 0 fully saturated rings. The lowest BCUT2D eigenvalue weighted by Gasteiger charge is -2.19. The summed E-state index contributed by atoms with van der Waals surface area (Å²) >= 11 is 0. The largest absolute Gasteiger partial charge is 0.508 e. The third kappa shape index (κ3) is 6.61. The van der Waals surface area contributed by atoms with E-state index < -0.39 is 35.0 Å². The van der Waals surface area contributed by atoms with Crippen LogP contribution in [0.25, 0.3) is 0 Å². The number of phenols is 1. The minimum absolute atomic E-state index is 0.0363. The van der Waals surface area contributed by atoms with Gasteiger partial charge in [0.1, 0.15) is 17.1 Å². The van der Waals surface area contributed by atoms with Gasteiger partial charge in [0.05, 0.1) is 12.2 Å².